The maximum atomic E-state index is 4.79. The summed E-state index contributed by atoms with van der Waals surface area (Å²) >= 11 is 0. The molecule has 5 heteroatoms. The molecule has 2 aliphatic rings. The molecule has 1 fully saturated rings. The minimum atomic E-state index is 0.764. The summed E-state index contributed by atoms with van der Waals surface area (Å²) in [6, 6.07) is 17.4. The number of hydrogen-bond donors (Lipinski definition) is 0. The van der Waals surface area contributed by atoms with Crippen molar-refractivity contribution in [2.75, 3.05) is 26.2 Å². The number of nitrogens with zero attached hydrogens (tertiary/aromatic N) is 5. The molecule has 2 aliphatic heterocycles. The second kappa shape index (κ2) is 9.35. The second-order valence-corrected chi connectivity index (χ2v) is 9.23. The van der Waals surface area contributed by atoms with Crippen LogP contribution in [0, 0.1) is 0 Å². The summed E-state index contributed by atoms with van der Waals surface area (Å²) in [5.41, 5.74) is 8.80. The van der Waals surface area contributed by atoms with E-state index in [0.717, 1.165) is 53.1 Å². The van der Waals surface area contributed by atoms with Crippen molar-refractivity contribution in [3.8, 4) is 22.3 Å². The van der Waals surface area contributed by atoms with Crippen molar-refractivity contribution in [2.24, 2.45) is 4.99 Å². The minimum Gasteiger partial charge on any atom is -0.303 e. The van der Waals surface area contributed by atoms with Gasteiger partial charge in [0.1, 0.15) is 0 Å². The molecule has 170 valence electrons. The van der Waals surface area contributed by atoms with Gasteiger partial charge >= 0.3 is 0 Å². The summed E-state index contributed by atoms with van der Waals surface area (Å²) in [6.45, 7) is 4.44. The number of benzene rings is 2. The van der Waals surface area contributed by atoms with Crippen molar-refractivity contribution in [3.05, 3.63) is 90.4 Å². The first kappa shape index (κ1) is 21.0. The summed E-state index contributed by atoms with van der Waals surface area (Å²) in [4.78, 5) is 11.9. The van der Waals surface area contributed by atoms with Crippen LogP contribution in [0.2, 0.25) is 0 Å². The third kappa shape index (κ3) is 4.31. The summed E-state index contributed by atoms with van der Waals surface area (Å²) in [5.74, 6) is 0. The molecule has 2 aromatic heterocycles. The molecule has 5 nitrogen and oxygen atoms in total. The van der Waals surface area contributed by atoms with Gasteiger partial charge in [-0.2, -0.15) is 5.10 Å². The number of piperidine rings is 1. The fraction of sp³-hybridized carbons (Fsp3) is 0.276. The Morgan fingerprint density at radius 3 is 2.50 bits per heavy atom. The molecule has 2 aromatic carbocycles. The standard InChI is InChI=1S/C29H29N5/c1-2-15-33(16-3-1)17-13-22-9-11-23(12-10-22)26-19-31-29-27(20-32-34(29)21-26)24-6-4-7-25(18-24)28-8-5-14-30-28/h4-12,18-21H,1-3,13-17H2. The van der Waals surface area contributed by atoms with Crippen LogP contribution in [0.5, 0.6) is 0 Å². The number of allylic oxidation sites excluding steroid dienone is 1. The van der Waals surface area contributed by atoms with Crippen LogP contribution < -0.4 is 0 Å². The molecule has 0 atom stereocenters. The van der Waals surface area contributed by atoms with Crippen LogP contribution in [-0.4, -0.2) is 51.4 Å². The Labute approximate surface area is 200 Å². The van der Waals surface area contributed by atoms with E-state index in [0.29, 0.717) is 0 Å². The topological polar surface area (TPSA) is 45.8 Å². The van der Waals surface area contributed by atoms with Gasteiger partial charge in [-0.15, -0.1) is 0 Å². The Bertz CT molecular complexity index is 1360. The lowest BCUT2D eigenvalue weighted by atomic mass is 10.0. The Hall–Kier alpha value is -3.57. The zero-order valence-electron chi connectivity index (χ0n) is 19.4. The molecule has 34 heavy (non-hydrogen) atoms. The van der Waals surface area contributed by atoms with E-state index < -0.39 is 0 Å². The van der Waals surface area contributed by atoms with Crippen LogP contribution in [0.1, 0.15) is 30.4 Å². The highest BCUT2D eigenvalue weighted by atomic mass is 15.2. The van der Waals surface area contributed by atoms with Gasteiger partial charge in [-0.25, -0.2) is 9.50 Å². The Kier molecular flexibility index (Phi) is 5.78. The molecule has 0 spiro atoms. The van der Waals surface area contributed by atoms with E-state index in [4.69, 9.17) is 4.98 Å². The van der Waals surface area contributed by atoms with Gasteiger partial charge in [0.05, 0.1) is 18.5 Å². The highest BCUT2D eigenvalue weighted by molar-refractivity contribution is 6.10. The number of aliphatic imine (C=N–C) groups is 1. The lowest BCUT2D eigenvalue weighted by Crippen LogP contribution is -2.31. The summed E-state index contributed by atoms with van der Waals surface area (Å²) in [7, 11) is 0. The predicted octanol–water partition coefficient (Wildman–Crippen LogP) is 5.45. The van der Waals surface area contributed by atoms with Gasteiger partial charge in [0, 0.05) is 35.6 Å². The first-order valence-electron chi connectivity index (χ1n) is 12.3. The van der Waals surface area contributed by atoms with E-state index in [2.05, 4.69) is 81.9 Å². The number of fused-ring (bicyclic) bond motifs is 1. The lowest BCUT2D eigenvalue weighted by Gasteiger charge is -2.26. The van der Waals surface area contributed by atoms with E-state index in [9.17, 15) is 0 Å². The molecular weight excluding hydrogens is 418 g/mol. The zero-order chi connectivity index (χ0) is 22.7. The zero-order valence-corrected chi connectivity index (χ0v) is 19.4. The Morgan fingerprint density at radius 2 is 1.68 bits per heavy atom. The molecule has 0 saturated carbocycles. The monoisotopic (exact) mass is 447 g/mol. The highest BCUT2D eigenvalue weighted by Crippen LogP contribution is 2.27. The number of aromatic nitrogens is 3. The average Bonchev–Trinajstić information content (AvgIpc) is 3.59. The van der Waals surface area contributed by atoms with Gasteiger partial charge in [-0.1, -0.05) is 55.0 Å². The molecule has 0 aliphatic carbocycles. The van der Waals surface area contributed by atoms with Crippen LogP contribution in [0.3, 0.4) is 0 Å². The molecular formula is C29H29N5. The number of hydrogen-bond acceptors (Lipinski definition) is 4. The van der Waals surface area contributed by atoms with E-state index >= 15 is 0 Å². The fourth-order valence-corrected chi connectivity index (χ4v) is 4.96. The SMILES string of the molecule is C1=CC(c2cccc(-c3cnn4cc(-c5ccc(CCN6CCCCC6)cc5)cnc34)c2)=NC1. The first-order valence-corrected chi connectivity index (χ1v) is 12.3. The number of likely N-dealkylation sites (tertiary alicyclic amines) is 1. The lowest BCUT2D eigenvalue weighted by molar-refractivity contribution is 0.231. The van der Waals surface area contributed by atoms with Crippen LogP contribution in [0.25, 0.3) is 27.9 Å². The van der Waals surface area contributed by atoms with Crippen molar-refractivity contribution in [1.29, 1.82) is 0 Å². The molecule has 1 saturated heterocycles. The maximum Gasteiger partial charge on any atom is 0.162 e. The van der Waals surface area contributed by atoms with Gasteiger partial charge < -0.3 is 4.90 Å². The van der Waals surface area contributed by atoms with Crippen LogP contribution >= 0.6 is 0 Å². The van der Waals surface area contributed by atoms with Crippen molar-refractivity contribution in [2.45, 2.75) is 25.7 Å². The minimum absolute atomic E-state index is 0.764. The third-order valence-electron chi connectivity index (χ3n) is 6.92. The third-order valence-corrected chi connectivity index (χ3v) is 6.92. The molecule has 0 radical (unpaired) electrons. The maximum absolute atomic E-state index is 4.79. The van der Waals surface area contributed by atoms with E-state index in [1.807, 2.05) is 16.9 Å². The van der Waals surface area contributed by atoms with Crippen LogP contribution in [0.4, 0.5) is 0 Å². The van der Waals surface area contributed by atoms with Gasteiger partial charge in [0.15, 0.2) is 5.65 Å². The van der Waals surface area contributed by atoms with E-state index in [-0.39, 0.29) is 0 Å². The number of rotatable bonds is 6. The first-order chi connectivity index (χ1) is 16.8. The van der Waals surface area contributed by atoms with Gasteiger partial charge in [0.2, 0.25) is 0 Å². The van der Waals surface area contributed by atoms with Gasteiger partial charge in [-0.3, -0.25) is 4.99 Å². The summed E-state index contributed by atoms with van der Waals surface area (Å²) in [5, 5.41) is 4.61. The Balaban J connectivity index is 1.21. The predicted molar refractivity (Wildman–Crippen MR) is 138 cm³/mol. The van der Waals surface area contributed by atoms with E-state index in [1.165, 1.54) is 43.5 Å². The van der Waals surface area contributed by atoms with Crippen LogP contribution in [-0.2, 0) is 6.42 Å². The molecule has 4 heterocycles. The summed E-state index contributed by atoms with van der Waals surface area (Å²) < 4.78 is 1.88. The Morgan fingerprint density at radius 1 is 0.824 bits per heavy atom. The molecule has 0 amide bonds. The largest absolute Gasteiger partial charge is 0.303 e. The van der Waals surface area contributed by atoms with Gasteiger partial charge in [-0.05, 0) is 61.2 Å². The van der Waals surface area contributed by atoms with Crippen molar-refractivity contribution in [1.82, 2.24) is 19.5 Å². The molecule has 0 unspecified atom stereocenters. The fourth-order valence-electron chi connectivity index (χ4n) is 4.96. The summed E-state index contributed by atoms with van der Waals surface area (Å²) in [6.07, 6.45) is 15.3. The molecule has 4 aromatic rings. The van der Waals surface area contributed by atoms with E-state index in [1.54, 1.807) is 0 Å². The highest BCUT2D eigenvalue weighted by Gasteiger charge is 2.12. The smallest absolute Gasteiger partial charge is 0.162 e. The average molecular weight is 448 g/mol. The van der Waals surface area contributed by atoms with Gasteiger partial charge in [0.25, 0.3) is 0 Å². The molecule has 6 rings (SSSR count). The second-order valence-electron chi connectivity index (χ2n) is 9.23. The normalized spacial score (nSPS) is 16.3. The van der Waals surface area contributed by atoms with Crippen molar-refractivity contribution < 1.29 is 0 Å². The quantitative estimate of drug-likeness (QED) is 0.395. The molecule has 0 bridgehead atoms. The van der Waals surface area contributed by atoms with Crippen LogP contribution in [0.15, 0.2) is 84.3 Å². The molecule has 0 N–H and O–H groups in total. The van der Waals surface area contributed by atoms with Crippen molar-refractivity contribution in [3.63, 3.8) is 0 Å². The van der Waals surface area contributed by atoms with Crippen molar-refractivity contribution >= 4 is 11.4 Å².